The number of amides is 2. The van der Waals surface area contributed by atoms with Gasteiger partial charge in [0, 0.05) is 0 Å². The van der Waals surface area contributed by atoms with Crippen LogP contribution in [0.15, 0.2) is 6.20 Å². The highest BCUT2D eigenvalue weighted by Crippen LogP contribution is 2.30. The predicted molar refractivity (Wildman–Crippen MR) is 86.4 cm³/mol. The van der Waals surface area contributed by atoms with Gasteiger partial charge in [0.15, 0.2) is 0 Å². The summed E-state index contributed by atoms with van der Waals surface area (Å²) in [7, 11) is 0. The lowest BCUT2D eigenvalue weighted by atomic mass is 10.2. The van der Waals surface area contributed by atoms with E-state index in [0.717, 1.165) is 5.69 Å². The number of aromatic nitrogens is 2. The van der Waals surface area contributed by atoms with Gasteiger partial charge in [0.2, 0.25) is 5.91 Å². The number of anilines is 1. The molecule has 2 amide bonds. The summed E-state index contributed by atoms with van der Waals surface area (Å²) in [6, 6.07) is -0.0556. The smallest absolute Gasteiger partial charge is 0.410 e. The van der Waals surface area contributed by atoms with Gasteiger partial charge in [-0.1, -0.05) is 0 Å². The minimum absolute atomic E-state index is 0.0556. The number of carbonyl (C=O) groups is 2. The van der Waals surface area contributed by atoms with Gasteiger partial charge in [-0.3, -0.25) is 14.4 Å². The van der Waals surface area contributed by atoms with Crippen LogP contribution in [0.4, 0.5) is 10.5 Å². The molecule has 2 unspecified atom stereocenters. The van der Waals surface area contributed by atoms with Crippen LogP contribution in [0, 0.1) is 0 Å². The molecule has 2 aliphatic rings. The SMILES string of the molecule is CC1Cn2ncc(N3CC(O)CC3=O)c2CN1C(=O)OC(C)(C)C. The zero-order chi connectivity index (χ0) is 17.6. The first-order valence-corrected chi connectivity index (χ1v) is 8.18. The number of hydrogen-bond donors (Lipinski definition) is 1. The molecule has 8 heteroatoms. The lowest BCUT2D eigenvalue weighted by Crippen LogP contribution is -2.47. The minimum atomic E-state index is -0.655. The maximum atomic E-state index is 12.5. The summed E-state index contributed by atoms with van der Waals surface area (Å²) < 4.78 is 7.30. The van der Waals surface area contributed by atoms with E-state index in [-0.39, 0.29) is 31.0 Å². The van der Waals surface area contributed by atoms with Crippen molar-refractivity contribution in [2.45, 2.75) is 65.0 Å². The van der Waals surface area contributed by atoms with Crippen LogP contribution >= 0.6 is 0 Å². The molecule has 0 bridgehead atoms. The first-order chi connectivity index (χ1) is 11.2. The topological polar surface area (TPSA) is 87.9 Å². The summed E-state index contributed by atoms with van der Waals surface area (Å²) >= 11 is 0. The van der Waals surface area contributed by atoms with Crippen LogP contribution in [0.25, 0.3) is 0 Å². The maximum Gasteiger partial charge on any atom is 0.410 e. The molecule has 2 aliphatic heterocycles. The molecule has 8 nitrogen and oxygen atoms in total. The summed E-state index contributed by atoms with van der Waals surface area (Å²) in [4.78, 5) is 27.7. The van der Waals surface area contributed by atoms with Crippen molar-refractivity contribution >= 4 is 17.7 Å². The fraction of sp³-hybridized carbons (Fsp3) is 0.688. The third-order valence-electron chi connectivity index (χ3n) is 4.24. The predicted octanol–water partition coefficient (Wildman–Crippen LogP) is 1.12. The van der Waals surface area contributed by atoms with Crippen LogP contribution in [-0.4, -0.2) is 56.1 Å². The third-order valence-corrected chi connectivity index (χ3v) is 4.24. The number of ether oxygens (including phenoxy) is 1. The molecule has 1 N–H and O–H groups in total. The Morgan fingerprint density at radius 2 is 2.08 bits per heavy atom. The highest BCUT2D eigenvalue weighted by molar-refractivity contribution is 5.96. The monoisotopic (exact) mass is 336 g/mol. The molecule has 2 atom stereocenters. The fourth-order valence-electron chi connectivity index (χ4n) is 3.10. The molecule has 0 saturated carbocycles. The first kappa shape index (κ1) is 16.8. The van der Waals surface area contributed by atoms with Gasteiger partial charge in [0.05, 0.1) is 55.8 Å². The lowest BCUT2D eigenvalue weighted by molar-refractivity contribution is -0.117. The van der Waals surface area contributed by atoms with Crippen LogP contribution < -0.4 is 4.90 Å². The summed E-state index contributed by atoms with van der Waals surface area (Å²) in [5.41, 5.74) is 0.894. The second kappa shape index (κ2) is 5.77. The number of hydrogen-bond acceptors (Lipinski definition) is 5. The Kier molecular flexibility index (Phi) is 4.03. The van der Waals surface area contributed by atoms with Crippen molar-refractivity contribution in [3.05, 3.63) is 11.9 Å². The van der Waals surface area contributed by atoms with Gasteiger partial charge in [-0.2, -0.15) is 5.10 Å². The molecule has 0 aliphatic carbocycles. The molecule has 3 heterocycles. The standard InChI is InChI=1S/C16H24N4O4/c1-10-7-20-13(9-18(10)15(23)24-16(2,3)4)12(6-17-20)19-8-11(21)5-14(19)22/h6,10-11,21H,5,7-9H2,1-4H3. The molecule has 0 radical (unpaired) electrons. The molecule has 132 valence electrons. The van der Waals surface area contributed by atoms with E-state index in [1.54, 1.807) is 16.0 Å². The summed E-state index contributed by atoms with van der Waals surface area (Å²) in [5, 5.41) is 14.1. The van der Waals surface area contributed by atoms with E-state index >= 15 is 0 Å². The summed E-state index contributed by atoms with van der Waals surface area (Å²) in [6.07, 6.45) is 0.728. The van der Waals surface area contributed by atoms with Crippen molar-refractivity contribution in [3.8, 4) is 0 Å². The van der Waals surface area contributed by atoms with Crippen molar-refractivity contribution in [1.29, 1.82) is 0 Å². The van der Waals surface area contributed by atoms with E-state index in [1.165, 1.54) is 0 Å². The number of fused-ring (bicyclic) bond motifs is 1. The molecule has 1 aromatic rings. The van der Waals surface area contributed by atoms with E-state index < -0.39 is 11.7 Å². The minimum Gasteiger partial charge on any atom is -0.444 e. The second-order valence-electron chi connectivity index (χ2n) is 7.48. The Morgan fingerprint density at radius 1 is 1.38 bits per heavy atom. The van der Waals surface area contributed by atoms with Gasteiger partial charge in [0.25, 0.3) is 0 Å². The summed E-state index contributed by atoms with van der Waals surface area (Å²) in [6.45, 7) is 8.57. The van der Waals surface area contributed by atoms with E-state index in [9.17, 15) is 14.7 Å². The zero-order valence-corrected chi connectivity index (χ0v) is 14.5. The molecule has 24 heavy (non-hydrogen) atoms. The Bertz CT molecular complexity index is 664. The molecular weight excluding hydrogens is 312 g/mol. The van der Waals surface area contributed by atoms with E-state index in [4.69, 9.17) is 4.74 Å². The number of aliphatic hydroxyl groups excluding tert-OH is 1. The Labute approximate surface area is 141 Å². The van der Waals surface area contributed by atoms with Gasteiger partial charge in [-0.05, 0) is 27.7 Å². The van der Waals surface area contributed by atoms with Crippen LogP contribution in [0.3, 0.4) is 0 Å². The highest BCUT2D eigenvalue weighted by Gasteiger charge is 2.36. The largest absolute Gasteiger partial charge is 0.444 e. The number of β-amino-alcohol motifs (C(OH)–C–C–N with tert-alkyl or cyclic N) is 1. The van der Waals surface area contributed by atoms with E-state index in [1.807, 2.05) is 32.4 Å². The molecule has 3 rings (SSSR count). The number of carbonyl (C=O) groups excluding carboxylic acids is 2. The van der Waals surface area contributed by atoms with E-state index in [0.29, 0.717) is 18.8 Å². The molecule has 1 aromatic heterocycles. The van der Waals surface area contributed by atoms with Crippen LogP contribution in [0.2, 0.25) is 0 Å². The van der Waals surface area contributed by atoms with Crippen molar-refractivity contribution in [3.63, 3.8) is 0 Å². The molecule has 1 saturated heterocycles. The third kappa shape index (κ3) is 3.10. The van der Waals surface area contributed by atoms with Crippen molar-refractivity contribution in [2.75, 3.05) is 11.4 Å². The maximum absolute atomic E-state index is 12.5. The highest BCUT2D eigenvalue weighted by atomic mass is 16.6. The van der Waals surface area contributed by atoms with Gasteiger partial charge < -0.3 is 14.7 Å². The van der Waals surface area contributed by atoms with Crippen molar-refractivity contribution in [1.82, 2.24) is 14.7 Å². The van der Waals surface area contributed by atoms with Gasteiger partial charge >= 0.3 is 6.09 Å². The Hall–Kier alpha value is -2.09. The average molecular weight is 336 g/mol. The quantitative estimate of drug-likeness (QED) is 0.830. The number of nitrogens with zero attached hydrogens (tertiary/aromatic N) is 4. The second-order valence-corrected chi connectivity index (χ2v) is 7.48. The van der Waals surface area contributed by atoms with Gasteiger partial charge in [-0.25, -0.2) is 4.79 Å². The van der Waals surface area contributed by atoms with Crippen LogP contribution in [0.5, 0.6) is 0 Å². The van der Waals surface area contributed by atoms with Crippen molar-refractivity contribution in [2.24, 2.45) is 0 Å². The Balaban J connectivity index is 1.84. The molecule has 1 fully saturated rings. The van der Waals surface area contributed by atoms with E-state index in [2.05, 4.69) is 5.10 Å². The van der Waals surface area contributed by atoms with Crippen molar-refractivity contribution < 1.29 is 19.4 Å². The number of aliphatic hydroxyl groups is 1. The van der Waals surface area contributed by atoms with Gasteiger partial charge in [-0.15, -0.1) is 0 Å². The molecule has 0 spiro atoms. The Morgan fingerprint density at radius 3 is 2.67 bits per heavy atom. The van der Waals surface area contributed by atoms with Crippen LogP contribution in [-0.2, 0) is 22.6 Å². The van der Waals surface area contributed by atoms with Crippen LogP contribution in [0.1, 0.15) is 39.8 Å². The number of rotatable bonds is 1. The molecule has 0 aromatic carbocycles. The first-order valence-electron chi connectivity index (χ1n) is 8.18. The summed E-state index contributed by atoms with van der Waals surface area (Å²) in [5.74, 6) is -0.124. The lowest BCUT2D eigenvalue weighted by Gasteiger charge is -2.36. The zero-order valence-electron chi connectivity index (χ0n) is 14.5. The normalized spacial score (nSPS) is 24.3. The van der Waals surface area contributed by atoms with Gasteiger partial charge in [0.1, 0.15) is 5.60 Å². The average Bonchev–Trinajstić information content (AvgIpc) is 2.98. The fourth-order valence-corrected chi connectivity index (χ4v) is 3.10. The molecular formula is C16H24N4O4.